The smallest absolute Gasteiger partial charge is 0.317 e. The summed E-state index contributed by atoms with van der Waals surface area (Å²) in [6.07, 6.45) is 0.627. The van der Waals surface area contributed by atoms with Crippen LogP contribution in [0.25, 0.3) is 0 Å². The quantitative estimate of drug-likeness (QED) is 0.730. The monoisotopic (exact) mass is 332 g/mol. The third kappa shape index (κ3) is 5.79. The normalized spacial score (nSPS) is 10.1. The van der Waals surface area contributed by atoms with Gasteiger partial charge in [-0.15, -0.1) is 0 Å². The first-order valence-corrected chi connectivity index (χ1v) is 7.80. The Labute approximate surface area is 140 Å². The molecule has 0 heterocycles. The van der Waals surface area contributed by atoms with Gasteiger partial charge in [0.25, 0.3) is 0 Å². The number of carbonyl (C=O) groups excluding carboxylic acids is 1. The molecule has 24 heavy (non-hydrogen) atoms. The van der Waals surface area contributed by atoms with E-state index in [-0.39, 0.29) is 18.6 Å². The number of hydrogen-bond donors (Lipinski definition) is 2. The maximum Gasteiger partial charge on any atom is 0.317 e. The molecule has 0 aliphatic rings. The van der Waals surface area contributed by atoms with Crippen LogP contribution in [-0.4, -0.2) is 25.9 Å². The molecule has 0 saturated heterocycles. The molecular formula is C18H21FN2O3. The van der Waals surface area contributed by atoms with Crippen molar-refractivity contribution in [2.75, 3.05) is 19.9 Å². The fourth-order valence-corrected chi connectivity index (χ4v) is 2.06. The molecule has 0 aliphatic heterocycles. The molecule has 2 aromatic rings. The van der Waals surface area contributed by atoms with Gasteiger partial charge < -0.3 is 20.1 Å². The first-order valence-electron chi connectivity index (χ1n) is 7.80. The summed E-state index contributed by atoms with van der Waals surface area (Å²) >= 11 is 0. The van der Waals surface area contributed by atoms with Crippen molar-refractivity contribution in [3.63, 3.8) is 0 Å². The van der Waals surface area contributed by atoms with E-state index in [2.05, 4.69) is 10.6 Å². The Hall–Kier alpha value is -2.76. The van der Waals surface area contributed by atoms with Gasteiger partial charge in [-0.1, -0.05) is 24.3 Å². The number of amides is 2. The largest absolute Gasteiger partial charge is 0.490 e. The summed E-state index contributed by atoms with van der Waals surface area (Å²) in [5, 5.41) is 5.32. The Morgan fingerprint density at radius 1 is 1.00 bits per heavy atom. The highest BCUT2D eigenvalue weighted by Crippen LogP contribution is 2.25. The van der Waals surface area contributed by atoms with Gasteiger partial charge in [0.15, 0.2) is 18.2 Å². The van der Waals surface area contributed by atoms with E-state index >= 15 is 0 Å². The molecule has 0 fully saturated rings. The van der Waals surface area contributed by atoms with Gasteiger partial charge in [-0.2, -0.15) is 0 Å². The van der Waals surface area contributed by atoms with Crippen LogP contribution in [0, 0.1) is 5.82 Å². The van der Waals surface area contributed by atoms with Gasteiger partial charge in [0, 0.05) is 6.54 Å². The number of halogens is 1. The van der Waals surface area contributed by atoms with Crippen LogP contribution in [0.3, 0.4) is 0 Å². The number of benzene rings is 2. The van der Waals surface area contributed by atoms with E-state index in [1.165, 1.54) is 12.1 Å². The summed E-state index contributed by atoms with van der Waals surface area (Å²) in [5.41, 5.74) is 0.957. The van der Waals surface area contributed by atoms with Crippen LogP contribution >= 0.6 is 0 Å². The minimum Gasteiger partial charge on any atom is -0.490 e. The summed E-state index contributed by atoms with van der Waals surface area (Å²) in [5.74, 6) is 0.943. The fourth-order valence-electron chi connectivity index (χ4n) is 2.06. The molecule has 6 heteroatoms. The molecule has 0 spiro atoms. The SMILES string of the molecule is CCOc1ccccc1OCNC(=O)NCCc1ccc(F)cc1. The maximum atomic E-state index is 12.8. The highest BCUT2D eigenvalue weighted by Gasteiger charge is 2.04. The number of rotatable bonds is 8. The van der Waals surface area contributed by atoms with Crippen molar-refractivity contribution < 1.29 is 18.7 Å². The molecule has 0 atom stereocenters. The summed E-state index contributed by atoms with van der Waals surface area (Å²) in [4.78, 5) is 11.7. The zero-order chi connectivity index (χ0) is 17.2. The predicted molar refractivity (Wildman–Crippen MR) is 89.7 cm³/mol. The Balaban J connectivity index is 1.67. The third-order valence-electron chi connectivity index (χ3n) is 3.22. The number of ether oxygens (including phenoxy) is 2. The van der Waals surface area contributed by atoms with Gasteiger partial charge in [0.2, 0.25) is 0 Å². The van der Waals surface area contributed by atoms with E-state index in [9.17, 15) is 9.18 Å². The van der Waals surface area contributed by atoms with Crippen molar-refractivity contribution in [3.8, 4) is 11.5 Å². The van der Waals surface area contributed by atoms with Crippen molar-refractivity contribution >= 4 is 6.03 Å². The molecule has 2 rings (SSSR count). The van der Waals surface area contributed by atoms with E-state index in [0.29, 0.717) is 31.1 Å². The second-order valence-corrected chi connectivity index (χ2v) is 4.98. The number of nitrogens with one attached hydrogen (secondary N) is 2. The van der Waals surface area contributed by atoms with Crippen LogP contribution in [0.15, 0.2) is 48.5 Å². The third-order valence-corrected chi connectivity index (χ3v) is 3.22. The molecular weight excluding hydrogens is 311 g/mol. The van der Waals surface area contributed by atoms with E-state index in [4.69, 9.17) is 9.47 Å². The van der Waals surface area contributed by atoms with Gasteiger partial charge >= 0.3 is 6.03 Å². The number of para-hydroxylation sites is 2. The number of carbonyl (C=O) groups is 1. The Morgan fingerprint density at radius 2 is 1.67 bits per heavy atom. The maximum absolute atomic E-state index is 12.8. The average molecular weight is 332 g/mol. The summed E-state index contributed by atoms with van der Waals surface area (Å²) in [6.45, 7) is 2.92. The molecule has 128 valence electrons. The zero-order valence-corrected chi connectivity index (χ0v) is 13.5. The topological polar surface area (TPSA) is 59.6 Å². The summed E-state index contributed by atoms with van der Waals surface area (Å²) < 4.78 is 23.7. The van der Waals surface area contributed by atoms with Crippen LogP contribution in [0.1, 0.15) is 12.5 Å². The molecule has 2 amide bonds. The second kappa shape index (κ2) is 9.39. The van der Waals surface area contributed by atoms with E-state index in [0.717, 1.165) is 5.56 Å². The first-order chi connectivity index (χ1) is 11.7. The molecule has 2 N–H and O–H groups in total. The Kier molecular flexibility index (Phi) is 6.89. The zero-order valence-electron chi connectivity index (χ0n) is 13.5. The Bertz CT molecular complexity index is 647. The molecule has 0 unspecified atom stereocenters. The summed E-state index contributed by atoms with van der Waals surface area (Å²) in [6, 6.07) is 13.1. The van der Waals surface area contributed by atoms with Crippen LogP contribution < -0.4 is 20.1 Å². The van der Waals surface area contributed by atoms with E-state index in [1.54, 1.807) is 18.2 Å². The minimum atomic E-state index is -0.328. The summed E-state index contributed by atoms with van der Waals surface area (Å²) in [7, 11) is 0. The predicted octanol–water partition coefficient (Wildman–Crippen LogP) is 3.10. The molecule has 0 saturated carbocycles. The molecule has 0 aliphatic carbocycles. The lowest BCUT2D eigenvalue weighted by molar-refractivity contribution is 0.220. The van der Waals surface area contributed by atoms with Crippen molar-refractivity contribution in [2.45, 2.75) is 13.3 Å². The highest BCUT2D eigenvalue weighted by molar-refractivity contribution is 5.73. The number of urea groups is 1. The standard InChI is InChI=1S/C18H21FN2O3/c1-2-23-16-5-3-4-6-17(16)24-13-21-18(22)20-12-11-14-7-9-15(19)10-8-14/h3-10H,2,11-13H2,1H3,(H2,20,21,22). The molecule has 0 radical (unpaired) electrons. The van der Waals surface area contributed by atoms with Crippen molar-refractivity contribution in [1.29, 1.82) is 0 Å². The second-order valence-electron chi connectivity index (χ2n) is 4.98. The van der Waals surface area contributed by atoms with Crippen LogP contribution in [0.5, 0.6) is 11.5 Å². The lowest BCUT2D eigenvalue weighted by Gasteiger charge is -2.12. The first kappa shape index (κ1) is 17.6. The number of hydrogen-bond acceptors (Lipinski definition) is 3. The van der Waals surface area contributed by atoms with Crippen molar-refractivity contribution in [1.82, 2.24) is 10.6 Å². The lowest BCUT2D eigenvalue weighted by atomic mass is 10.1. The van der Waals surface area contributed by atoms with E-state index < -0.39 is 0 Å². The highest BCUT2D eigenvalue weighted by atomic mass is 19.1. The lowest BCUT2D eigenvalue weighted by Crippen LogP contribution is -2.38. The minimum absolute atomic E-state index is 0.0342. The van der Waals surface area contributed by atoms with Gasteiger partial charge in [0.05, 0.1) is 6.61 Å². The van der Waals surface area contributed by atoms with Crippen LogP contribution in [0.2, 0.25) is 0 Å². The van der Waals surface area contributed by atoms with Crippen molar-refractivity contribution in [3.05, 3.63) is 59.9 Å². The molecule has 5 nitrogen and oxygen atoms in total. The van der Waals surface area contributed by atoms with Gasteiger partial charge in [-0.05, 0) is 43.2 Å². The molecule has 2 aromatic carbocycles. The van der Waals surface area contributed by atoms with Gasteiger partial charge in [-0.3, -0.25) is 0 Å². The van der Waals surface area contributed by atoms with E-state index in [1.807, 2.05) is 25.1 Å². The molecule has 0 bridgehead atoms. The van der Waals surface area contributed by atoms with Gasteiger partial charge in [-0.25, -0.2) is 9.18 Å². The van der Waals surface area contributed by atoms with Crippen LogP contribution in [0.4, 0.5) is 9.18 Å². The van der Waals surface area contributed by atoms with Gasteiger partial charge in [0.1, 0.15) is 5.82 Å². The average Bonchev–Trinajstić information content (AvgIpc) is 2.58. The Morgan fingerprint density at radius 3 is 2.33 bits per heavy atom. The van der Waals surface area contributed by atoms with Crippen molar-refractivity contribution in [2.24, 2.45) is 0 Å². The van der Waals surface area contributed by atoms with Crippen LogP contribution in [-0.2, 0) is 6.42 Å². The fraction of sp³-hybridized carbons (Fsp3) is 0.278. The molecule has 0 aromatic heterocycles.